The van der Waals surface area contributed by atoms with Crippen molar-refractivity contribution in [2.45, 2.75) is 6.54 Å². The van der Waals surface area contributed by atoms with Crippen LogP contribution in [0.4, 0.5) is 0 Å². The van der Waals surface area contributed by atoms with Crippen LogP contribution in [0.5, 0.6) is 11.5 Å². The molecule has 0 atom stereocenters. The van der Waals surface area contributed by atoms with E-state index in [2.05, 4.69) is 14.9 Å². The molecule has 26 heavy (non-hydrogen) atoms. The average molecular weight is 375 g/mol. The van der Waals surface area contributed by atoms with Crippen LogP contribution in [0.15, 0.2) is 41.2 Å². The third-order valence-electron chi connectivity index (χ3n) is 3.91. The smallest absolute Gasteiger partial charge is 0.272 e. The zero-order chi connectivity index (χ0) is 18.7. The highest BCUT2D eigenvalue weighted by Gasteiger charge is 2.14. The van der Waals surface area contributed by atoms with Gasteiger partial charge >= 0.3 is 0 Å². The van der Waals surface area contributed by atoms with Crippen molar-refractivity contribution in [2.75, 3.05) is 14.2 Å². The van der Waals surface area contributed by atoms with E-state index in [0.717, 1.165) is 11.1 Å². The molecule has 0 amide bonds. The number of nitrogens with zero attached hydrogens (tertiary/aromatic N) is 1. The van der Waals surface area contributed by atoms with Crippen LogP contribution in [0.1, 0.15) is 5.56 Å². The number of thiol groups is 1. The molecule has 0 aliphatic rings. The normalized spacial score (nSPS) is 11.0. The second-order valence-corrected chi connectivity index (χ2v) is 6.28. The molecule has 2 N–H and O–H groups in total. The summed E-state index contributed by atoms with van der Waals surface area (Å²) in [6.45, 7) is 0.172. The maximum absolute atomic E-state index is 12.2. The number of hydrogen-bond donors (Lipinski definition) is 3. The van der Waals surface area contributed by atoms with E-state index in [1.54, 1.807) is 24.3 Å². The van der Waals surface area contributed by atoms with Gasteiger partial charge in [-0.05, 0) is 23.8 Å². The summed E-state index contributed by atoms with van der Waals surface area (Å²) in [6, 6.07) is 10.5. The standard InChI is InChI=1S/C17H17N3O5S/c1-24-14-7-12-13(8-15(14)25-2)17(21)20-19-16(12)11-5-3-4-10(6-11)9-18-26(22)23/h3-8,26H,9H2,1-2H3,(H,20,21)(H,18,22,23). The first-order chi connectivity index (χ1) is 12.5. The monoisotopic (exact) mass is 375 g/mol. The number of aromatic amines is 1. The summed E-state index contributed by atoms with van der Waals surface area (Å²) in [5.74, 6) is 0.926. The molecule has 0 bridgehead atoms. The first-order valence-corrected chi connectivity index (χ1v) is 8.83. The van der Waals surface area contributed by atoms with Crippen LogP contribution >= 0.6 is 0 Å². The minimum Gasteiger partial charge on any atom is -0.493 e. The molecule has 0 spiro atoms. The molecule has 1 heterocycles. The molecule has 2 aromatic carbocycles. The Morgan fingerprint density at radius 2 is 1.77 bits per heavy atom. The van der Waals surface area contributed by atoms with Gasteiger partial charge in [0.25, 0.3) is 5.56 Å². The number of fused-ring (bicyclic) bond motifs is 1. The zero-order valence-electron chi connectivity index (χ0n) is 14.1. The second-order valence-electron chi connectivity index (χ2n) is 5.45. The molecule has 0 saturated heterocycles. The van der Waals surface area contributed by atoms with Gasteiger partial charge in [-0.25, -0.2) is 18.2 Å². The summed E-state index contributed by atoms with van der Waals surface area (Å²) in [4.78, 5) is 12.2. The van der Waals surface area contributed by atoms with E-state index in [4.69, 9.17) is 9.47 Å². The quantitative estimate of drug-likeness (QED) is 0.559. The third kappa shape index (κ3) is 3.53. The van der Waals surface area contributed by atoms with E-state index in [1.165, 1.54) is 14.2 Å². The fourth-order valence-electron chi connectivity index (χ4n) is 2.69. The fraction of sp³-hybridized carbons (Fsp3) is 0.176. The fourth-order valence-corrected chi connectivity index (χ4v) is 3.01. The Balaban J connectivity index is 2.18. The Morgan fingerprint density at radius 3 is 2.42 bits per heavy atom. The number of ether oxygens (including phenoxy) is 2. The summed E-state index contributed by atoms with van der Waals surface area (Å²) in [7, 11) is 0.335. The van der Waals surface area contributed by atoms with E-state index in [9.17, 15) is 13.2 Å². The predicted octanol–water partition coefficient (Wildman–Crippen LogP) is 1.22. The van der Waals surface area contributed by atoms with Gasteiger partial charge in [0.15, 0.2) is 11.5 Å². The lowest BCUT2D eigenvalue weighted by atomic mass is 10.0. The molecular formula is C17H17N3O5S. The van der Waals surface area contributed by atoms with Crippen LogP contribution in [0.25, 0.3) is 22.0 Å². The Morgan fingerprint density at radius 1 is 1.08 bits per heavy atom. The SMILES string of the molecule is COc1cc2c(-c3cccc(CN[SH](=O)=O)c3)n[nH]c(=O)c2cc1OC. The van der Waals surface area contributed by atoms with Crippen molar-refractivity contribution in [3.63, 3.8) is 0 Å². The third-order valence-corrected chi connectivity index (χ3v) is 4.32. The lowest BCUT2D eigenvalue weighted by Crippen LogP contribution is -2.11. The van der Waals surface area contributed by atoms with E-state index < -0.39 is 10.9 Å². The molecule has 0 aliphatic heterocycles. The summed E-state index contributed by atoms with van der Waals surface area (Å²) >= 11 is 0. The molecule has 3 aromatic rings. The van der Waals surface area contributed by atoms with Gasteiger partial charge in [0, 0.05) is 17.5 Å². The zero-order valence-corrected chi connectivity index (χ0v) is 15.0. The number of aromatic nitrogens is 2. The molecule has 3 rings (SSSR count). The van der Waals surface area contributed by atoms with Gasteiger partial charge in [0.1, 0.15) is 0 Å². The van der Waals surface area contributed by atoms with Gasteiger partial charge in [0.2, 0.25) is 10.9 Å². The molecular weight excluding hydrogens is 358 g/mol. The average Bonchev–Trinajstić information content (AvgIpc) is 2.66. The minimum absolute atomic E-state index is 0.172. The van der Waals surface area contributed by atoms with Crippen LogP contribution in [-0.4, -0.2) is 32.8 Å². The van der Waals surface area contributed by atoms with Gasteiger partial charge in [0.05, 0.1) is 25.3 Å². The van der Waals surface area contributed by atoms with Crippen LogP contribution in [-0.2, 0) is 17.4 Å². The number of hydrogen-bond acceptors (Lipinski definition) is 6. The second kappa shape index (κ2) is 7.54. The maximum Gasteiger partial charge on any atom is 0.272 e. The molecule has 1 aromatic heterocycles. The van der Waals surface area contributed by atoms with Crippen molar-refractivity contribution < 1.29 is 17.9 Å². The van der Waals surface area contributed by atoms with Crippen molar-refractivity contribution in [3.8, 4) is 22.8 Å². The van der Waals surface area contributed by atoms with Gasteiger partial charge in [-0.2, -0.15) is 5.10 Å². The first kappa shape index (κ1) is 17.9. The van der Waals surface area contributed by atoms with Gasteiger partial charge in [-0.15, -0.1) is 0 Å². The largest absolute Gasteiger partial charge is 0.493 e. The van der Waals surface area contributed by atoms with Gasteiger partial charge in [-0.3, -0.25) is 4.79 Å². The maximum atomic E-state index is 12.2. The number of nitrogens with one attached hydrogen (secondary N) is 2. The molecule has 0 saturated carbocycles. The number of methoxy groups -OCH3 is 2. The molecule has 0 fully saturated rings. The molecule has 0 radical (unpaired) electrons. The lowest BCUT2D eigenvalue weighted by Gasteiger charge is -2.11. The van der Waals surface area contributed by atoms with Crippen molar-refractivity contribution in [1.29, 1.82) is 0 Å². The van der Waals surface area contributed by atoms with E-state index in [0.29, 0.717) is 28.0 Å². The molecule has 8 nitrogen and oxygen atoms in total. The highest BCUT2D eigenvalue weighted by atomic mass is 32.2. The van der Waals surface area contributed by atoms with Crippen molar-refractivity contribution >= 4 is 21.7 Å². The summed E-state index contributed by atoms with van der Waals surface area (Å²) in [5, 5.41) is 7.67. The highest BCUT2D eigenvalue weighted by Crippen LogP contribution is 2.34. The molecule has 0 unspecified atom stereocenters. The van der Waals surface area contributed by atoms with Crippen molar-refractivity contribution in [2.24, 2.45) is 0 Å². The Hall–Kier alpha value is -2.91. The highest BCUT2D eigenvalue weighted by molar-refractivity contribution is 7.70. The van der Waals surface area contributed by atoms with Crippen LogP contribution in [0, 0.1) is 0 Å². The number of rotatable bonds is 6. The van der Waals surface area contributed by atoms with Gasteiger partial charge < -0.3 is 9.47 Å². The number of H-pyrrole nitrogens is 1. The first-order valence-electron chi connectivity index (χ1n) is 7.65. The molecule has 9 heteroatoms. The van der Waals surface area contributed by atoms with E-state index in [1.807, 2.05) is 12.1 Å². The molecule has 136 valence electrons. The number of benzene rings is 2. The Kier molecular flexibility index (Phi) is 5.19. The predicted molar refractivity (Wildman–Crippen MR) is 98.1 cm³/mol. The lowest BCUT2D eigenvalue weighted by molar-refractivity contribution is 0.356. The van der Waals surface area contributed by atoms with Crippen LogP contribution < -0.4 is 19.8 Å². The Bertz CT molecular complexity index is 1080. The summed E-state index contributed by atoms with van der Waals surface area (Å²) in [6.07, 6.45) is 0. The molecule has 0 aliphatic carbocycles. The van der Waals surface area contributed by atoms with E-state index >= 15 is 0 Å². The summed E-state index contributed by atoms with van der Waals surface area (Å²) in [5.41, 5.74) is 1.71. The minimum atomic E-state index is -2.68. The van der Waals surface area contributed by atoms with Crippen LogP contribution in [0.2, 0.25) is 0 Å². The topological polar surface area (TPSA) is 110 Å². The van der Waals surface area contributed by atoms with E-state index in [-0.39, 0.29) is 12.1 Å². The summed E-state index contributed by atoms with van der Waals surface area (Å²) < 4.78 is 34.4. The van der Waals surface area contributed by atoms with Crippen molar-refractivity contribution in [3.05, 3.63) is 52.3 Å². The van der Waals surface area contributed by atoms with Gasteiger partial charge in [-0.1, -0.05) is 18.2 Å². The van der Waals surface area contributed by atoms with Crippen molar-refractivity contribution in [1.82, 2.24) is 14.9 Å². The van der Waals surface area contributed by atoms with Crippen LogP contribution in [0.3, 0.4) is 0 Å². The Labute approximate surface area is 150 Å².